The number of hydrogen-bond donors (Lipinski definition) is 0. The van der Waals surface area contributed by atoms with Crippen molar-refractivity contribution in [3.63, 3.8) is 0 Å². The number of aromatic nitrogens is 2. The van der Waals surface area contributed by atoms with Gasteiger partial charge in [0.15, 0.2) is 5.69 Å². The van der Waals surface area contributed by atoms with E-state index in [1.54, 1.807) is 13.1 Å². The summed E-state index contributed by atoms with van der Waals surface area (Å²) in [6.45, 7) is 2.12. The maximum atomic E-state index is 11.3. The van der Waals surface area contributed by atoms with Gasteiger partial charge in [0.1, 0.15) is 6.33 Å². The minimum Gasteiger partial charge on any atom is -0.461 e. The largest absolute Gasteiger partial charge is 0.461 e. The lowest BCUT2D eigenvalue weighted by Crippen LogP contribution is -2.08. The molecule has 0 bridgehead atoms. The maximum absolute atomic E-state index is 11.3. The average molecular weight is 198 g/mol. The number of carbonyl (C=O) groups excluding carboxylic acids is 1. The van der Waals surface area contributed by atoms with Gasteiger partial charge in [-0.25, -0.2) is 14.8 Å². The third-order valence-electron chi connectivity index (χ3n) is 1.37. The van der Waals surface area contributed by atoms with Gasteiger partial charge in [0.05, 0.1) is 11.5 Å². The molecule has 70 valence electrons. The van der Waals surface area contributed by atoms with Gasteiger partial charge < -0.3 is 4.74 Å². The highest BCUT2D eigenvalue weighted by Gasteiger charge is 2.12. The quantitative estimate of drug-likeness (QED) is 0.542. The van der Waals surface area contributed by atoms with Crippen molar-refractivity contribution in [3.8, 4) is 0 Å². The highest BCUT2D eigenvalue weighted by Crippen LogP contribution is 2.16. The van der Waals surface area contributed by atoms with Crippen LogP contribution in [0, 0.1) is 0 Å². The first-order chi connectivity index (χ1) is 6.29. The van der Waals surface area contributed by atoms with Crippen LogP contribution < -0.4 is 0 Å². The van der Waals surface area contributed by atoms with Gasteiger partial charge in [-0.1, -0.05) is 0 Å². The van der Waals surface area contributed by atoms with E-state index >= 15 is 0 Å². The first-order valence-corrected chi connectivity index (χ1v) is 5.03. The SMILES string of the molecule is CCOC(=O)c1ncncc1SC. The predicted molar refractivity (Wildman–Crippen MR) is 49.8 cm³/mol. The van der Waals surface area contributed by atoms with E-state index in [-0.39, 0.29) is 0 Å². The Morgan fingerprint density at radius 2 is 2.46 bits per heavy atom. The number of thioether (sulfide) groups is 1. The van der Waals surface area contributed by atoms with Crippen molar-refractivity contribution in [3.05, 3.63) is 18.2 Å². The Bertz CT molecular complexity index is 304. The number of carbonyl (C=O) groups is 1. The molecule has 0 aromatic carbocycles. The van der Waals surface area contributed by atoms with Gasteiger partial charge in [-0.15, -0.1) is 11.8 Å². The molecule has 0 saturated carbocycles. The van der Waals surface area contributed by atoms with Crippen LogP contribution in [0.25, 0.3) is 0 Å². The van der Waals surface area contributed by atoms with Gasteiger partial charge in [-0.2, -0.15) is 0 Å². The molecule has 0 aliphatic heterocycles. The summed E-state index contributed by atoms with van der Waals surface area (Å²) in [5.74, 6) is -0.394. The van der Waals surface area contributed by atoms with Crippen molar-refractivity contribution in [2.24, 2.45) is 0 Å². The molecular weight excluding hydrogens is 188 g/mol. The normalized spacial score (nSPS) is 9.69. The molecule has 0 saturated heterocycles. The van der Waals surface area contributed by atoms with Crippen LogP contribution in [-0.4, -0.2) is 28.8 Å². The van der Waals surface area contributed by atoms with Crippen LogP contribution in [0.1, 0.15) is 17.4 Å². The highest BCUT2D eigenvalue weighted by molar-refractivity contribution is 7.98. The predicted octanol–water partition coefficient (Wildman–Crippen LogP) is 1.38. The lowest BCUT2D eigenvalue weighted by atomic mass is 10.4. The van der Waals surface area contributed by atoms with E-state index in [2.05, 4.69) is 9.97 Å². The summed E-state index contributed by atoms with van der Waals surface area (Å²) in [6.07, 6.45) is 4.80. The minimum atomic E-state index is -0.394. The molecule has 0 unspecified atom stereocenters. The zero-order chi connectivity index (χ0) is 9.68. The summed E-state index contributed by atoms with van der Waals surface area (Å²) < 4.78 is 4.83. The topological polar surface area (TPSA) is 52.1 Å². The molecule has 13 heavy (non-hydrogen) atoms. The van der Waals surface area contributed by atoms with Crippen molar-refractivity contribution < 1.29 is 9.53 Å². The second-order valence-electron chi connectivity index (χ2n) is 2.16. The monoisotopic (exact) mass is 198 g/mol. The zero-order valence-corrected chi connectivity index (χ0v) is 8.30. The van der Waals surface area contributed by atoms with Crippen LogP contribution in [0.2, 0.25) is 0 Å². The van der Waals surface area contributed by atoms with Crippen molar-refractivity contribution in [2.45, 2.75) is 11.8 Å². The molecule has 1 aromatic rings. The van der Waals surface area contributed by atoms with Gasteiger partial charge >= 0.3 is 5.97 Å². The molecule has 0 fully saturated rings. The van der Waals surface area contributed by atoms with E-state index in [0.29, 0.717) is 12.3 Å². The van der Waals surface area contributed by atoms with Crippen molar-refractivity contribution in [2.75, 3.05) is 12.9 Å². The Morgan fingerprint density at radius 1 is 1.69 bits per heavy atom. The fourth-order valence-corrected chi connectivity index (χ4v) is 1.31. The fraction of sp³-hybridized carbons (Fsp3) is 0.375. The number of hydrogen-bond acceptors (Lipinski definition) is 5. The van der Waals surface area contributed by atoms with E-state index in [4.69, 9.17) is 4.74 Å². The molecule has 4 nitrogen and oxygen atoms in total. The molecule has 0 atom stereocenters. The van der Waals surface area contributed by atoms with Crippen LogP contribution in [-0.2, 0) is 4.74 Å². The van der Waals surface area contributed by atoms with Crippen LogP contribution in [0.3, 0.4) is 0 Å². The van der Waals surface area contributed by atoms with E-state index < -0.39 is 5.97 Å². The summed E-state index contributed by atoms with van der Waals surface area (Å²) in [6, 6.07) is 0. The van der Waals surface area contributed by atoms with Gasteiger partial charge in [-0.3, -0.25) is 0 Å². The van der Waals surface area contributed by atoms with Crippen LogP contribution in [0.15, 0.2) is 17.4 Å². The summed E-state index contributed by atoms with van der Waals surface area (Å²) in [4.78, 5) is 19.7. The van der Waals surface area contributed by atoms with Crippen LogP contribution in [0.4, 0.5) is 0 Å². The van der Waals surface area contributed by atoms with Gasteiger partial charge in [0, 0.05) is 6.20 Å². The molecule has 1 aromatic heterocycles. The van der Waals surface area contributed by atoms with E-state index in [1.165, 1.54) is 18.1 Å². The first kappa shape index (κ1) is 9.98. The fourth-order valence-electron chi connectivity index (χ4n) is 0.819. The second-order valence-corrected chi connectivity index (χ2v) is 3.01. The zero-order valence-electron chi connectivity index (χ0n) is 7.48. The summed E-state index contributed by atoms with van der Waals surface area (Å²) in [7, 11) is 0. The third kappa shape index (κ3) is 2.42. The number of esters is 1. The van der Waals surface area contributed by atoms with Gasteiger partial charge in [-0.05, 0) is 13.2 Å². The molecule has 0 amide bonds. The molecule has 0 spiro atoms. The third-order valence-corrected chi connectivity index (χ3v) is 2.11. The Balaban J connectivity index is 2.92. The smallest absolute Gasteiger partial charge is 0.358 e. The maximum Gasteiger partial charge on any atom is 0.358 e. The molecule has 0 aliphatic carbocycles. The highest BCUT2D eigenvalue weighted by atomic mass is 32.2. The van der Waals surface area contributed by atoms with Crippen LogP contribution in [0.5, 0.6) is 0 Å². The lowest BCUT2D eigenvalue weighted by molar-refractivity contribution is 0.0514. The van der Waals surface area contributed by atoms with Gasteiger partial charge in [0.25, 0.3) is 0 Å². The van der Waals surface area contributed by atoms with E-state index in [1.807, 2.05) is 6.26 Å². The molecule has 0 radical (unpaired) electrons. The first-order valence-electron chi connectivity index (χ1n) is 3.80. The summed E-state index contributed by atoms with van der Waals surface area (Å²) in [5.41, 5.74) is 0.337. The number of ether oxygens (including phenoxy) is 1. The summed E-state index contributed by atoms with van der Waals surface area (Å²) in [5, 5.41) is 0. The molecule has 1 rings (SSSR count). The summed E-state index contributed by atoms with van der Waals surface area (Å²) >= 11 is 1.42. The lowest BCUT2D eigenvalue weighted by Gasteiger charge is -2.03. The molecular formula is C8H10N2O2S. The Hall–Kier alpha value is -1.10. The van der Waals surface area contributed by atoms with Crippen molar-refractivity contribution >= 4 is 17.7 Å². The Kier molecular flexibility index (Phi) is 3.70. The second kappa shape index (κ2) is 4.81. The molecule has 0 aliphatic rings. The minimum absolute atomic E-state index is 0.337. The Labute approximate surface area is 80.7 Å². The van der Waals surface area contributed by atoms with Crippen molar-refractivity contribution in [1.29, 1.82) is 0 Å². The van der Waals surface area contributed by atoms with E-state index in [0.717, 1.165) is 4.90 Å². The standard InChI is InChI=1S/C8H10N2O2S/c1-3-12-8(11)7-6(13-2)4-9-5-10-7/h4-5H,3H2,1-2H3. The van der Waals surface area contributed by atoms with E-state index in [9.17, 15) is 4.79 Å². The Morgan fingerprint density at radius 3 is 3.08 bits per heavy atom. The molecule has 1 heterocycles. The number of nitrogens with zero attached hydrogens (tertiary/aromatic N) is 2. The number of rotatable bonds is 3. The molecule has 5 heteroatoms. The average Bonchev–Trinajstić information content (AvgIpc) is 2.18. The van der Waals surface area contributed by atoms with Gasteiger partial charge in [0.2, 0.25) is 0 Å². The van der Waals surface area contributed by atoms with Crippen molar-refractivity contribution in [1.82, 2.24) is 9.97 Å². The van der Waals surface area contributed by atoms with Crippen LogP contribution >= 0.6 is 11.8 Å². The molecule has 0 N–H and O–H groups in total.